The van der Waals surface area contributed by atoms with Crippen molar-refractivity contribution < 1.29 is 0 Å². The van der Waals surface area contributed by atoms with Crippen molar-refractivity contribution in [2.24, 2.45) is 12.8 Å². The summed E-state index contributed by atoms with van der Waals surface area (Å²) in [5.74, 6) is 1.05. The maximum Gasteiger partial charge on any atom is 0.168 e. The van der Waals surface area contributed by atoms with Crippen molar-refractivity contribution in [2.45, 2.75) is 37.3 Å². The highest BCUT2D eigenvalue weighted by atomic mass is 32.2. The number of imidazole rings is 1. The number of aryl methyl sites for hydroxylation is 3. The molecule has 2 aromatic rings. The first kappa shape index (κ1) is 13.5. The molecule has 0 saturated carbocycles. The minimum absolute atomic E-state index is 0.242. The van der Waals surface area contributed by atoms with Gasteiger partial charge in [0.25, 0.3) is 0 Å². The van der Waals surface area contributed by atoms with Crippen molar-refractivity contribution in [3.05, 3.63) is 23.3 Å². The Balaban J connectivity index is 1.91. The maximum absolute atomic E-state index is 7.27. The topological polar surface area (TPSA) is 67.7 Å². The Hall–Kier alpha value is -1.49. The van der Waals surface area contributed by atoms with Gasteiger partial charge in [0.1, 0.15) is 0 Å². The van der Waals surface area contributed by atoms with Crippen molar-refractivity contribution in [3.8, 4) is 0 Å². The van der Waals surface area contributed by atoms with Crippen LogP contribution in [0.1, 0.15) is 30.4 Å². The average molecular weight is 288 g/mol. The van der Waals surface area contributed by atoms with Crippen LogP contribution < -0.4 is 5.73 Å². The highest BCUT2D eigenvalue weighted by molar-refractivity contribution is 7.99. The van der Waals surface area contributed by atoms with Gasteiger partial charge in [-0.3, -0.25) is 5.41 Å². The molecule has 0 saturated heterocycles. The summed E-state index contributed by atoms with van der Waals surface area (Å²) in [5, 5.41) is 8.29. The monoisotopic (exact) mass is 288 g/mol. The number of fused-ring (bicyclic) bond motifs is 2. The Morgan fingerprint density at radius 3 is 2.75 bits per heavy atom. The normalized spacial score (nSPS) is 14.4. The Morgan fingerprint density at radius 2 is 2.05 bits per heavy atom. The van der Waals surface area contributed by atoms with Crippen LogP contribution in [0.2, 0.25) is 0 Å². The van der Waals surface area contributed by atoms with Gasteiger partial charge in [0.2, 0.25) is 0 Å². The quantitative estimate of drug-likeness (QED) is 0.516. The average Bonchev–Trinajstić information content (AvgIpc) is 2.73. The zero-order valence-corrected chi connectivity index (χ0v) is 12.6. The van der Waals surface area contributed by atoms with E-state index in [1.807, 2.05) is 0 Å². The molecule has 0 fully saturated rings. The zero-order chi connectivity index (χ0) is 14.1. The van der Waals surface area contributed by atoms with Gasteiger partial charge in [0.15, 0.2) is 5.16 Å². The molecule has 0 bridgehead atoms. The van der Waals surface area contributed by atoms with Gasteiger partial charge >= 0.3 is 0 Å². The summed E-state index contributed by atoms with van der Waals surface area (Å²) >= 11 is 1.67. The van der Waals surface area contributed by atoms with E-state index in [2.05, 4.69) is 23.7 Å². The lowest BCUT2D eigenvalue weighted by Gasteiger charge is -2.15. The third-order valence-electron chi connectivity index (χ3n) is 3.91. The van der Waals surface area contributed by atoms with Crippen LogP contribution in [0.15, 0.2) is 17.3 Å². The van der Waals surface area contributed by atoms with Crippen LogP contribution >= 0.6 is 11.8 Å². The Bertz CT molecular complexity index is 659. The van der Waals surface area contributed by atoms with Gasteiger partial charge in [0, 0.05) is 19.2 Å². The molecular weight excluding hydrogens is 268 g/mol. The van der Waals surface area contributed by atoms with Crippen LogP contribution in [0.3, 0.4) is 0 Å². The smallest absolute Gasteiger partial charge is 0.168 e. The second-order valence-corrected chi connectivity index (χ2v) is 6.46. The second-order valence-electron chi connectivity index (χ2n) is 5.39. The molecular formula is C15H20N4S. The number of thioether (sulfide) groups is 1. The summed E-state index contributed by atoms with van der Waals surface area (Å²) in [6.45, 7) is 0. The van der Waals surface area contributed by atoms with E-state index in [9.17, 15) is 0 Å². The Kier molecular flexibility index (Phi) is 3.70. The molecule has 0 spiro atoms. The number of nitrogens with two attached hydrogens (primary N) is 1. The molecule has 5 heteroatoms. The summed E-state index contributed by atoms with van der Waals surface area (Å²) in [5.41, 5.74) is 10.7. The van der Waals surface area contributed by atoms with Gasteiger partial charge in [-0.15, -0.1) is 0 Å². The molecule has 0 radical (unpaired) electrons. The van der Waals surface area contributed by atoms with Gasteiger partial charge in [-0.2, -0.15) is 0 Å². The fourth-order valence-electron chi connectivity index (χ4n) is 2.78. The van der Waals surface area contributed by atoms with Crippen molar-refractivity contribution in [1.82, 2.24) is 9.55 Å². The number of aromatic nitrogens is 2. The number of hydrogen-bond donors (Lipinski definition) is 2. The van der Waals surface area contributed by atoms with Crippen LogP contribution in [0, 0.1) is 5.41 Å². The first-order valence-corrected chi connectivity index (χ1v) is 8.07. The van der Waals surface area contributed by atoms with E-state index < -0.39 is 0 Å². The van der Waals surface area contributed by atoms with Crippen molar-refractivity contribution in [3.63, 3.8) is 0 Å². The predicted octanol–water partition coefficient (Wildman–Crippen LogP) is 2.87. The van der Waals surface area contributed by atoms with E-state index in [0.29, 0.717) is 6.42 Å². The van der Waals surface area contributed by atoms with E-state index in [4.69, 9.17) is 16.1 Å². The van der Waals surface area contributed by atoms with E-state index >= 15 is 0 Å². The number of nitrogens with one attached hydrogen (secondary N) is 1. The van der Waals surface area contributed by atoms with Crippen molar-refractivity contribution in [2.75, 3.05) is 5.75 Å². The van der Waals surface area contributed by atoms with Crippen LogP contribution in [0.4, 0.5) is 0 Å². The molecule has 1 aliphatic rings. The Morgan fingerprint density at radius 1 is 1.35 bits per heavy atom. The van der Waals surface area contributed by atoms with E-state index in [-0.39, 0.29) is 5.84 Å². The molecule has 1 aliphatic carbocycles. The first-order valence-electron chi connectivity index (χ1n) is 7.09. The fraction of sp³-hybridized carbons (Fsp3) is 0.467. The maximum atomic E-state index is 7.27. The molecule has 0 amide bonds. The van der Waals surface area contributed by atoms with Gasteiger partial charge in [-0.1, -0.05) is 11.8 Å². The Labute approximate surface area is 123 Å². The van der Waals surface area contributed by atoms with Gasteiger partial charge in [-0.05, 0) is 48.9 Å². The molecule has 0 aliphatic heterocycles. The summed E-state index contributed by atoms with van der Waals surface area (Å²) in [6, 6.07) is 4.57. The minimum Gasteiger partial charge on any atom is -0.388 e. The number of benzene rings is 1. The molecule has 3 N–H and O–H groups in total. The molecule has 1 aromatic carbocycles. The number of hydrogen-bond acceptors (Lipinski definition) is 3. The van der Waals surface area contributed by atoms with Crippen molar-refractivity contribution >= 4 is 28.6 Å². The molecule has 20 heavy (non-hydrogen) atoms. The standard InChI is InChI=1S/C15H20N4S/c1-19-13-9-11-5-3-2-4-10(11)8-12(13)18-15(19)20-7-6-14(16)17/h8-9H,2-7H2,1H3,(H3,16,17). The number of nitrogens with zero attached hydrogens (tertiary/aromatic N) is 2. The first-order chi connectivity index (χ1) is 9.65. The van der Waals surface area contributed by atoms with Gasteiger partial charge in [0.05, 0.1) is 16.9 Å². The zero-order valence-electron chi connectivity index (χ0n) is 11.8. The highest BCUT2D eigenvalue weighted by Gasteiger charge is 2.14. The van der Waals surface area contributed by atoms with E-state index in [0.717, 1.165) is 16.4 Å². The van der Waals surface area contributed by atoms with Gasteiger partial charge in [-0.25, -0.2) is 4.98 Å². The van der Waals surface area contributed by atoms with Crippen molar-refractivity contribution in [1.29, 1.82) is 5.41 Å². The third kappa shape index (κ3) is 2.54. The molecule has 1 aromatic heterocycles. The van der Waals surface area contributed by atoms with E-state index in [1.165, 1.54) is 42.3 Å². The molecule has 3 rings (SSSR count). The fourth-order valence-corrected chi connectivity index (χ4v) is 3.74. The number of amidine groups is 1. The van der Waals surface area contributed by atoms with Gasteiger partial charge < -0.3 is 10.3 Å². The SMILES string of the molecule is Cn1c(SCCC(=N)N)nc2cc3c(cc21)CCCC3. The molecule has 106 valence electrons. The summed E-state index contributed by atoms with van der Waals surface area (Å²) in [7, 11) is 2.07. The van der Waals surface area contributed by atoms with E-state index in [1.54, 1.807) is 11.8 Å². The highest BCUT2D eigenvalue weighted by Crippen LogP contribution is 2.29. The summed E-state index contributed by atoms with van der Waals surface area (Å²) in [6.07, 6.45) is 5.60. The lowest BCUT2D eigenvalue weighted by molar-refractivity contribution is 0.686. The molecule has 1 heterocycles. The molecule has 0 atom stereocenters. The van der Waals surface area contributed by atoms with Crippen LogP contribution in [0.5, 0.6) is 0 Å². The summed E-state index contributed by atoms with van der Waals surface area (Å²) in [4.78, 5) is 4.73. The second kappa shape index (κ2) is 5.48. The largest absolute Gasteiger partial charge is 0.388 e. The van der Waals surface area contributed by atoms with Crippen LogP contribution in [-0.2, 0) is 19.9 Å². The third-order valence-corrected chi connectivity index (χ3v) is 4.94. The summed E-state index contributed by atoms with van der Waals surface area (Å²) < 4.78 is 2.16. The predicted molar refractivity (Wildman–Crippen MR) is 84.6 cm³/mol. The number of rotatable bonds is 4. The lowest BCUT2D eigenvalue weighted by Crippen LogP contribution is -2.10. The van der Waals surface area contributed by atoms with Crippen LogP contribution in [-0.4, -0.2) is 21.1 Å². The molecule has 0 unspecified atom stereocenters. The van der Waals surface area contributed by atoms with Crippen LogP contribution in [0.25, 0.3) is 11.0 Å². The minimum atomic E-state index is 0.242. The molecule has 4 nitrogen and oxygen atoms in total. The lowest BCUT2D eigenvalue weighted by atomic mass is 9.91.